The minimum absolute atomic E-state index is 0.0142. The molecule has 1 aliphatic heterocycles. The second-order valence-corrected chi connectivity index (χ2v) is 10.9. The average molecular weight is 421 g/mol. The quantitative estimate of drug-likeness (QED) is 0.766. The summed E-state index contributed by atoms with van der Waals surface area (Å²) in [7, 11) is -2.05. The zero-order chi connectivity index (χ0) is 20.4. The number of hydrogen-bond donors (Lipinski definition) is 1. The van der Waals surface area contributed by atoms with Gasteiger partial charge in [0.15, 0.2) is 0 Å². The average Bonchev–Trinajstić information content (AvgIpc) is 2.54. The number of likely N-dealkylation sites (tertiary alicyclic amines) is 1. The molecule has 0 saturated carbocycles. The van der Waals surface area contributed by atoms with E-state index in [1.165, 1.54) is 10.4 Å². The van der Waals surface area contributed by atoms with E-state index in [-0.39, 0.29) is 27.9 Å². The lowest BCUT2D eigenvalue weighted by molar-refractivity contribution is 0.0795. The number of halogens is 2. The third-order valence-electron chi connectivity index (χ3n) is 4.81. The molecule has 5 nitrogen and oxygen atoms in total. The second kappa shape index (κ2) is 8.74. The van der Waals surface area contributed by atoms with E-state index in [1.807, 2.05) is 27.8 Å². The molecule has 0 radical (unpaired) electrons. The molecule has 0 aromatic heterocycles. The van der Waals surface area contributed by atoms with Crippen molar-refractivity contribution in [3.8, 4) is 0 Å². The predicted molar refractivity (Wildman–Crippen MR) is 106 cm³/mol. The van der Waals surface area contributed by atoms with Crippen LogP contribution in [-0.4, -0.2) is 61.6 Å². The van der Waals surface area contributed by atoms with Gasteiger partial charge in [0.1, 0.15) is 10.7 Å². The Bertz CT molecular complexity index is 744. The fourth-order valence-corrected chi connectivity index (χ4v) is 5.72. The van der Waals surface area contributed by atoms with Gasteiger partial charge in [-0.25, -0.2) is 12.8 Å². The topological polar surface area (TPSA) is 60.9 Å². The van der Waals surface area contributed by atoms with Gasteiger partial charge in [-0.1, -0.05) is 32.4 Å². The van der Waals surface area contributed by atoms with Crippen LogP contribution in [0.5, 0.6) is 0 Å². The number of aliphatic hydroxyl groups excluding tert-OH is 1. The Morgan fingerprint density at radius 3 is 2.48 bits per heavy atom. The highest BCUT2D eigenvalue weighted by Gasteiger charge is 2.36. The number of nitrogens with zero attached hydrogens (tertiary/aromatic N) is 2. The van der Waals surface area contributed by atoms with Gasteiger partial charge in [-0.15, -0.1) is 0 Å². The fraction of sp³-hybridized carbons (Fsp3) is 0.684. The minimum atomic E-state index is -4.04. The first-order valence-corrected chi connectivity index (χ1v) is 11.1. The van der Waals surface area contributed by atoms with Crippen molar-refractivity contribution in [2.75, 3.05) is 26.7 Å². The maximum absolute atomic E-state index is 13.7. The lowest BCUT2D eigenvalue weighted by atomic mass is 9.89. The highest BCUT2D eigenvalue weighted by atomic mass is 35.5. The van der Waals surface area contributed by atoms with Crippen LogP contribution in [0.2, 0.25) is 5.02 Å². The smallest absolute Gasteiger partial charge is 0.245 e. The standard InChI is InChI=1S/C19H30ClFN2O3S/c1-19(2,3)12-16(24)13-23(15-7-9-22(4)10-8-15)27(25,26)18-11-14(21)5-6-17(18)20/h5-6,11,15-16,24H,7-10,12-13H2,1-4H3. The molecule has 1 saturated heterocycles. The third kappa shape index (κ3) is 6.12. The van der Waals surface area contributed by atoms with Gasteiger partial charge in [-0.05, 0) is 63.0 Å². The van der Waals surface area contributed by atoms with Crippen LogP contribution < -0.4 is 0 Å². The first kappa shape index (κ1) is 22.6. The Balaban J connectivity index is 2.37. The van der Waals surface area contributed by atoms with Crippen molar-refractivity contribution in [3.63, 3.8) is 0 Å². The highest BCUT2D eigenvalue weighted by Crippen LogP contribution is 2.31. The van der Waals surface area contributed by atoms with Crippen molar-refractivity contribution >= 4 is 21.6 Å². The maximum atomic E-state index is 13.7. The second-order valence-electron chi connectivity index (χ2n) is 8.60. The Kier molecular flexibility index (Phi) is 7.30. The summed E-state index contributed by atoms with van der Waals surface area (Å²) < 4.78 is 41.7. The van der Waals surface area contributed by atoms with Crippen LogP contribution in [0, 0.1) is 11.2 Å². The molecule has 1 aliphatic rings. The Labute approximate surface area is 167 Å². The van der Waals surface area contributed by atoms with Crippen molar-refractivity contribution in [1.29, 1.82) is 0 Å². The molecule has 1 atom stereocenters. The molecule has 0 bridgehead atoms. The molecule has 1 aromatic carbocycles. The Hall–Kier alpha value is -0.730. The van der Waals surface area contributed by atoms with Crippen molar-refractivity contribution in [2.24, 2.45) is 5.41 Å². The van der Waals surface area contributed by atoms with Gasteiger partial charge in [0.2, 0.25) is 10.0 Å². The van der Waals surface area contributed by atoms with E-state index in [9.17, 15) is 17.9 Å². The van der Waals surface area contributed by atoms with Gasteiger partial charge in [0.05, 0.1) is 11.1 Å². The number of benzene rings is 1. The summed E-state index contributed by atoms with van der Waals surface area (Å²) in [6, 6.07) is 3.09. The van der Waals surface area contributed by atoms with E-state index in [4.69, 9.17) is 11.6 Å². The first-order chi connectivity index (χ1) is 12.4. The number of hydrogen-bond acceptors (Lipinski definition) is 4. The van der Waals surface area contributed by atoms with Crippen LogP contribution in [0.3, 0.4) is 0 Å². The molecular weight excluding hydrogens is 391 g/mol. The van der Waals surface area contributed by atoms with Gasteiger partial charge in [-0.3, -0.25) is 0 Å². The number of rotatable bonds is 6. The molecule has 1 fully saturated rings. The van der Waals surface area contributed by atoms with E-state index in [2.05, 4.69) is 4.90 Å². The van der Waals surface area contributed by atoms with E-state index >= 15 is 0 Å². The molecule has 0 aliphatic carbocycles. The summed E-state index contributed by atoms with van der Waals surface area (Å²) >= 11 is 6.09. The monoisotopic (exact) mass is 420 g/mol. The zero-order valence-electron chi connectivity index (χ0n) is 16.5. The van der Waals surface area contributed by atoms with Gasteiger partial charge in [0, 0.05) is 12.6 Å². The lowest BCUT2D eigenvalue weighted by Gasteiger charge is -2.38. The van der Waals surface area contributed by atoms with E-state index in [1.54, 1.807) is 0 Å². The number of sulfonamides is 1. The SMILES string of the molecule is CN1CCC(N(CC(O)CC(C)(C)C)S(=O)(=O)c2cc(F)ccc2Cl)CC1. The summed E-state index contributed by atoms with van der Waals surface area (Å²) in [5.41, 5.74) is -0.141. The first-order valence-electron chi connectivity index (χ1n) is 9.23. The molecule has 0 amide bonds. The van der Waals surface area contributed by atoms with Gasteiger partial charge < -0.3 is 10.0 Å². The van der Waals surface area contributed by atoms with Crippen LogP contribution in [0.4, 0.5) is 4.39 Å². The molecule has 154 valence electrons. The number of aliphatic hydroxyl groups is 1. The summed E-state index contributed by atoms with van der Waals surface area (Å²) in [6.07, 6.45) is 0.963. The normalized spacial score (nSPS) is 18.8. The third-order valence-corrected chi connectivity index (χ3v) is 7.21. The van der Waals surface area contributed by atoms with Crippen LogP contribution in [0.25, 0.3) is 0 Å². The fourth-order valence-electron chi connectivity index (χ4n) is 3.51. The maximum Gasteiger partial charge on any atom is 0.245 e. The van der Waals surface area contributed by atoms with E-state index in [0.29, 0.717) is 19.3 Å². The van der Waals surface area contributed by atoms with Crippen molar-refractivity contribution in [3.05, 3.63) is 29.0 Å². The van der Waals surface area contributed by atoms with Crippen molar-refractivity contribution in [1.82, 2.24) is 9.21 Å². The van der Waals surface area contributed by atoms with Crippen LogP contribution >= 0.6 is 11.6 Å². The molecule has 1 N–H and O–H groups in total. The molecule has 2 rings (SSSR count). The minimum Gasteiger partial charge on any atom is -0.392 e. The van der Waals surface area contributed by atoms with E-state index < -0.39 is 21.9 Å². The summed E-state index contributed by atoms with van der Waals surface area (Å²) in [4.78, 5) is 1.90. The summed E-state index contributed by atoms with van der Waals surface area (Å²) in [6.45, 7) is 7.49. The molecule has 1 aromatic rings. The van der Waals surface area contributed by atoms with Crippen LogP contribution in [-0.2, 0) is 10.0 Å². The Morgan fingerprint density at radius 1 is 1.33 bits per heavy atom. The summed E-state index contributed by atoms with van der Waals surface area (Å²) in [5, 5.41) is 10.5. The largest absolute Gasteiger partial charge is 0.392 e. The van der Waals surface area contributed by atoms with Crippen molar-refractivity contribution in [2.45, 2.75) is 57.1 Å². The van der Waals surface area contributed by atoms with E-state index in [0.717, 1.165) is 25.2 Å². The van der Waals surface area contributed by atoms with Gasteiger partial charge in [0.25, 0.3) is 0 Å². The van der Waals surface area contributed by atoms with Gasteiger partial charge in [-0.2, -0.15) is 4.31 Å². The lowest BCUT2D eigenvalue weighted by Crippen LogP contribution is -2.49. The molecule has 27 heavy (non-hydrogen) atoms. The molecule has 1 heterocycles. The van der Waals surface area contributed by atoms with Gasteiger partial charge >= 0.3 is 0 Å². The Morgan fingerprint density at radius 2 is 1.93 bits per heavy atom. The van der Waals surface area contributed by atoms with Crippen LogP contribution in [0.1, 0.15) is 40.0 Å². The molecule has 8 heteroatoms. The van der Waals surface area contributed by atoms with Crippen LogP contribution in [0.15, 0.2) is 23.1 Å². The van der Waals surface area contributed by atoms with Crippen molar-refractivity contribution < 1.29 is 17.9 Å². The predicted octanol–water partition coefficient (Wildman–Crippen LogP) is 3.36. The zero-order valence-corrected chi connectivity index (χ0v) is 18.0. The summed E-state index contributed by atoms with van der Waals surface area (Å²) in [5.74, 6) is -0.656. The number of piperidine rings is 1. The highest BCUT2D eigenvalue weighted by molar-refractivity contribution is 7.89. The molecule has 0 spiro atoms. The molecular formula is C19H30ClFN2O3S. The molecule has 1 unspecified atom stereocenters.